The van der Waals surface area contributed by atoms with Gasteiger partial charge in [-0.2, -0.15) is 0 Å². The Kier molecular flexibility index (Phi) is 3.91. The van der Waals surface area contributed by atoms with Crippen molar-refractivity contribution in [2.45, 2.75) is 26.8 Å². The van der Waals surface area contributed by atoms with Gasteiger partial charge in [0.15, 0.2) is 0 Å². The number of nitrogens with one attached hydrogen (secondary N) is 1. The number of imidazole rings is 1. The maximum atomic E-state index is 4.70. The lowest BCUT2D eigenvalue weighted by Crippen LogP contribution is -2.12. The fourth-order valence-corrected chi connectivity index (χ4v) is 2.63. The minimum atomic E-state index is 0.899. The van der Waals surface area contributed by atoms with E-state index in [0.29, 0.717) is 0 Å². The van der Waals surface area contributed by atoms with Gasteiger partial charge in [-0.15, -0.1) is 0 Å². The minimum Gasteiger partial charge on any atom is -0.383 e. The highest BCUT2D eigenvalue weighted by Crippen LogP contribution is 2.16. The third kappa shape index (κ3) is 2.92. The van der Waals surface area contributed by atoms with Crippen molar-refractivity contribution in [1.29, 1.82) is 0 Å². The van der Waals surface area contributed by atoms with E-state index in [0.717, 1.165) is 30.9 Å². The topological polar surface area (TPSA) is 29.9 Å². The summed E-state index contributed by atoms with van der Waals surface area (Å²) in [6, 6.07) is 16.9. The van der Waals surface area contributed by atoms with Crippen molar-refractivity contribution in [2.75, 3.05) is 11.9 Å². The van der Waals surface area contributed by atoms with Crippen LogP contribution >= 0.6 is 0 Å². The molecule has 3 nitrogen and oxygen atoms in total. The molecule has 0 bridgehead atoms. The van der Waals surface area contributed by atoms with Crippen LogP contribution in [0.2, 0.25) is 0 Å². The lowest BCUT2D eigenvalue weighted by Gasteiger charge is -2.10. The fourth-order valence-electron chi connectivity index (χ4n) is 2.63. The standard InChI is InChI=1S/C18H21N3/c1-3-18-20-16-6-4-5-7-17(16)21(18)13-12-19-15-10-8-14(2)9-11-15/h4-11,19H,3,12-13H2,1-2H3. The molecule has 0 aliphatic rings. The van der Waals surface area contributed by atoms with Crippen LogP contribution in [0, 0.1) is 6.92 Å². The van der Waals surface area contributed by atoms with Crippen molar-refractivity contribution in [2.24, 2.45) is 0 Å². The van der Waals surface area contributed by atoms with Crippen molar-refractivity contribution < 1.29 is 0 Å². The quantitative estimate of drug-likeness (QED) is 0.764. The molecule has 0 aliphatic heterocycles. The summed E-state index contributed by atoms with van der Waals surface area (Å²) >= 11 is 0. The van der Waals surface area contributed by atoms with Crippen LogP contribution in [0.5, 0.6) is 0 Å². The monoisotopic (exact) mass is 279 g/mol. The number of anilines is 1. The number of para-hydroxylation sites is 2. The van der Waals surface area contributed by atoms with Crippen molar-refractivity contribution in [1.82, 2.24) is 9.55 Å². The molecule has 3 rings (SSSR count). The van der Waals surface area contributed by atoms with Gasteiger partial charge in [-0.05, 0) is 31.2 Å². The van der Waals surface area contributed by atoms with Crippen molar-refractivity contribution >= 4 is 16.7 Å². The Morgan fingerprint density at radius 1 is 1.05 bits per heavy atom. The predicted molar refractivity (Wildman–Crippen MR) is 88.8 cm³/mol. The van der Waals surface area contributed by atoms with Crippen LogP contribution < -0.4 is 5.32 Å². The molecule has 1 heterocycles. The molecule has 1 N–H and O–H groups in total. The molecule has 3 heteroatoms. The van der Waals surface area contributed by atoms with Gasteiger partial charge in [0.2, 0.25) is 0 Å². The first-order chi connectivity index (χ1) is 10.3. The zero-order chi connectivity index (χ0) is 14.7. The number of hydrogen-bond donors (Lipinski definition) is 1. The molecule has 1 aromatic heterocycles. The van der Waals surface area contributed by atoms with E-state index in [1.807, 2.05) is 6.07 Å². The van der Waals surface area contributed by atoms with Crippen LogP contribution in [0.1, 0.15) is 18.3 Å². The predicted octanol–water partition coefficient (Wildman–Crippen LogP) is 4.02. The minimum absolute atomic E-state index is 0.899. The van der Waals surface area contributed by atoms with Gasteiger partial charge in [0, 0.05) is 25.2 Å². The van der Waals surface area contributed by atoms with Crippen molar-refractivity contribution in [3.63, 3.8) is 0 Å². The van der Waals surface area contributed by atoms with Crippen LogP contribution in [0.25, 0.3) is 11.0 Å². The third-order valence-corrected chi connectivity index (χ3v) is 3.77. The number of nitrogens with zero attached hydrogens (tertiary/aromatic N) is 2. The second-order valence-corrected chi connectivity index (χ2v) is 5.31. The van der Waals surface area contributed by atoms with E-state index < -0.39 is 0 Å². The molecule has 0 atom stereocenters. The molecule has 2 aromatic carbocycles. The summed E-state index contributed by atoms with van der Waals surface area (Å²) < 4.78 is 2.32. The molecule has 0 aliphatic carbocycles. The van der Waals surface area contributed by atoms with Gasteiger partial charge < -0.3 is 9.88 Å². The van der Waals surface area contributed by atoms with E-state index in [1.54, 1.807) is 0 Å². The van der Waals surface area contributed by atoms with Gasteiger partial charge in [-0.3, -0.25) is 0 Å². The SMILES string of the molecule is CCc1nc2ccccc2n1CCNc1ccc(C)cc1. The molecular formula is C18H21N3. The first-order valence-electron chi connectivity index (χ1n) is 7.52. The molecule has 3 aromatic rings. The number of aromatic nitrogens is 2. The molecule has 0 spiro atoms. The number of fused-ring (bicyclic) bond motifs is 1. The maximum Gasteiger partial charge on any atom is 0.109 e. The first-order valence-corrected chi connectivity index (χ1v) is 7.52. The summed E-state index contributed by atoms with van der Waals surface area (Å²) in [4.78, 5) is 4.70. The van der Waals surface area contributed by atoms with E-state index in [1.165, 1.54) is 16.8 Å². The van der Waals surface area contributed by atoms with E-state index in [9.17, 15) is 0 Å². The fraction of sp³-hybridized carbons (Fsp3) is 0.278. The Bertz CT molecular complexity index is 726. The van der Waals surface area contributed by atoms with Crippen LogP contribution in [-0.4, -0.2) is 16.1 Å². The smallest absolute Gasteiger partial charge is 0.109 e. The largest absolute Gasteiger partial charge is 0.383 e. The highest BCUT2D eigenvalue weighted by atomic mass is 15.1. The second-order valence-electron chi connectivity index (χ2n) is 5.31. The Hall–Kier alpha value is -2.29. The highest BCUT2D eigenvalue weighted by molar-refractivity contribution is 5.75. The molecule has 0 radical (unpaired) electrons. The van der Waals surface area contributed by atoms with E-state index in [2.05, 4.69) is 66.2 Å². The number of aryl methyl sites for hydroxylation is 2. The average Bonchev–Trinajstić information content (AvgIpc) is 2.87. The molecule has 0 amide bonds. The van der Waals surface area contributed by atoms with Gasteiger partial charge in [0.05, 0.1) is 11.0 Å². The Morgan fingerprint density at radius 3 is 2.57 bits per heavy atom. The summed E-state index contributed by atoms with van der Waals surface area (Å²) in [5, 5.41) is 3.48. The van der Waals surface area contributed by atoms with E-state index in [4.69, 9.17) is 4.98 Å². The van der Waals surface area contributed by atoms with Gasteiger partial charge in [-0.25, -0.2) is 4.98 Å². The molecule has 0 saturated heterocycles. The summed E-state index contributed by atoms with van der Waals surface area (Å²) in [7, 11) is 0. The second kappa shape index (κ2) is 6.00. The van der Waals surface area contributed by atoms with E-state index >= 15 is 0 Å². The van der Waals surface area contributed by atoms with Gasteiger partial charge in [-0.1, -0.05) is 36.8 Å². The summed E-state index contributed by atoms with van der Waals surface area (Å²) in [5.41, 5.74) is 4.77. The average molecular weight is 279 g/mol. The first kappa shape index (κ1) is 13.7. The molecule has 0 unspecified atom stereocenters. The van der Waals surface area contributed by atoms with Crippen molar-refractivity contribution in [3.8, 4) is 0 Å². The zero-order valence-corrected chi connectivity index (χ0v) is 12.6. The molecule has 0 fully saturated rings. The summed E-state index contributed by atoms with van der Waals surface area (Å²) in [5.74, 6) is 1.15. The van der Waals surface area contributed by atoms with E-state index in [-0.39, 0.29) is 0 Å². The Morgan fingerprint density at radius 2 is 1.81 bits per heavy atom. The van der Waals surface area contributed by atoms with Crippen LogP contribution in [-0.2, 0) is 13.0 Å². The highest BCUT2D eigenvalue weighted by Gasteiger charge is 2.07. The number of benzene rings is 2. The Labute approximate surface area is 125 Å². The van der Waals surface area contributed by atoms with Crippen LogP contribution in [0.4, 0.5) is 5.69 Å². The molecule has 108 valence electrons. The molecule has 21 heavy (non-hydrogen) atoms. The van der Waals surface area contributed by atoms with Crippen LogP contribution in [0.15, 0.2) is 48.5 Å². The zero-order valence-electron chi connectivity index (χ0n) is 12.6. The lowest BCUT2D eigenvalue weighted by atomic mass is 10.2. The van der Waals surface area contributed by atoms with Crippen molar-refractivity contribution in [3.05, 3.63) is 59.9 Å². The number of rotatable bonds is 5. The van der Waals surface area contributed by atoms with Gasteiger partial charge >= 0.3 is 0 Å². The van der Waals surface area contributed by atoms with Gasteiger partial charge in [0.1, 0.15) is 5.82 Å². The summed E-state index contributed by atoms with van der Waals surface area (Å²) in [6.45, 7) is 6.09. The Balaban J connectivity index is 1.74. The number of hydrogen-bond acceptors (Lipinski definition) is 2. The summed E-state index contributed by atoms with van der Waals surface area (Å²) in [6.07, 6.45) is 0.958. The lowest BCUT2D eigenvalue weighted by molar-refractivity contribution is 0.700. The third-order valence-electron chi connectivity index (χ3n) is 3.77. The molecule has 0 saturated carbocycles. The van der Waals surface area contributed by atoms with Gasteiger partial charge in [0.25, 0.3) is 0 Å². The normalized spacial score (nSPS) is 11.0. The van der Waals surface area contributed by atoms with Crippen LogP contribution in [0.3, 0.4) is 0 Å². The molecular weight excluding hydrogens is 258 g/mol. The maximum absolute atomic E-state index is 4.70.